The summed E-state index contributed by atoms with van der Waals surface area (Å²) in [6, 6.07) is 19.9. The second-order valence-corrected chi connectivity index (χ2v) is 7.56. The van der Waals surface area contributed by atoms with Crippen molar-refractivity contribution >= 4 is 44.6 Å². The van der Waals surface area contributed by atoms with E-state index < -0.39 is 0 Å². The van der Waals surface area contributed by atoms with Crippen LogP contribution >= 0.6 is 11.3 Å². The smallest absolute Gasteiger partial charge is 0.265 e. The number of nitrogens with one attached hydrogen (secondary N) is 2. The molecule has 3 aromatic carbocycles. The minimum absolute atomic E-state index is 0.266. The maximum Gasteiger partial charge on any atom is 0.265 e. The molecular formula is C23H17FN2O3S. The van der Waals surface area contributed by atoms with Gasteiger partial charge >= 0.3 is 0 Å². The van der Waals surface area contributed by atoms with Gasteiger partial charge in [-0.25, -0.2) is 4.39 Å². The van der Waals surface area contributed by atoms with E-state index in [-0.39, 0.29) is 17.6 Å². The molecule has 0 bridgehead atoms. The van der Waals surface area contributed by atoms with Crippen molar-refractivity contribution in [3.05, 3.63) is 89.1 Å². The summed E-state index contributed by atoms with van der Waals surface area (Å²) >= 11 is 1.23. The Morgan fingerprint density at radius 3 is 2.13 bits per heavy atom. The van der Waals surface area contributed by atoms with Crippen molar-refractivity contribution in [1.29, 1.82) is 0 Å². The predicted molar refractivity (Wildman–Crippen MR) is 117 cm³/mol. The van der Waals surface area contributed by atoms with E-state index in [1.807, 2.05) is 0 Å². The molecule has 30 heavy (non-hydrogen) atoms. The van der Waals surface area contributed by atoms with E-state index in [2.05, 4.69) is 10.6 Å². The van der Waals surface area contributed by atoms with Gasteiger partial charge in [-0.3, -0.25) is 9.59 Å². The van der Waals surface area contributed by atoms with Crippen molar-refractivity contribution in [3.8, 4) is 5.75 Å². The van der Waals surface area contributed by atoms with Crippen LogP contribution in [0.15, 0.2) is 72.8 Å². The molecule has 0 aliphatic rings. The molecule has 0 spiro atoms. The zero-order valence-electron chi connectivity index (χ0n) is 15.9. The van der Waals surface area contributed by atoms with Crippen molar-refractivity contribution < 1.29 is 18.7 Å². The van der Waals surface area contributed by atoms with Crippen LogP contribution in [0.2, 0.25) is 0 Å². The van der Waals surface area contributed by atoms with Gasteiger partial charge in [0.15, 0.2) is 0 Å². The average Bonchev–Trinajstić information content (AvgIpc) is 3.21. The fraction of sp³-hybridized carbons (Fsp3) is 0.0435. The third-order valence-corrected chi connectivity index (χ3v) is 5.58. The highest BCUT2D eigenvalue weighted by Crippen LogP contribution is 2.28. The zero-order valence-corrected chi connectivity index (χ0v) is 16.8. The average molecular weight is 420 g/mol. The number of carbonyl (C=O) groups is 2. The number of anilines is 2. The molecule has 4 aromatic rings. The van der Waals surface area contributed by atoms with Gasteiger partial charge in [0.2, 0.25) is 0 Å². The largest absolute Gasteiger partial charge is 0.497 e. The molecule has 0 unspecified atom stereocenters. The summed E-state index contributed by atoms with van der Waals surface area (Å²) in [6.45, 7) is 0. The maximum atomic E-state index is 13.8. The summed E-state index contributed by atoms with van der Waals surface area (Å²) in [5.41, 5.74) is 1.64. The molecule has 1 heterocycles. The number of methoxy groups -OCH3 is 1. The number of thiophene rings is 1. The van der Waals surface area contributed by atoms with Gasteiger partial charge in [-0.05, 0) is 66.7 Å². The second-order valence-electron chi connectivity index (χ2n) is 6.48. The summed E-state index contributed by atoms with van der Waals surface area (Å²) in [6.07, 6.45) is 0. The molecule has 0 aliphatic heterocycles. The number of hydrogen-bond acceptors (Lipinski definition) is 4. The van der Waals surface area contributed by atoms with Gasteiger partial charge in [-0.2, -0.15) is 0 Å². The van der Waals surface area contributed by atoms with Gasteiger partial charge in [0.05, 0.1) is 12.0 Å². The highest BCUT2D eigenvalue weighted by molar-refractivity contribution is 7.20. The number of rotatable bonds is 5. The van der Waals surface area contributed by atoms with Crippen molar-refractivity contribution in [3.63, 3.8) is 0 Å². The second kappa shape index (κ2) is 8.34. The van der Waals surface area contributed by atoms with E-state index in [4.69, 9.17) is 4.74 Å². The Labute approximate surface area is 176 Å². The molecule has 0 radical (unpaired) electrons. The number of benzene rings is 3. The number of fused-ring (bicyclic) bond motifs is 1. The van der Waals surface area contributed by atoms with Gasteiger partial charge in [-0.1, -0.05) is 6.07 Å². The Bertz CT molecular complexity index is 1220. The van der Waals surface area contributed by atoms with Crippen LogP contribution in [-0.2, 0) is 0 Å². The number of carbonyl (C=O) groups excluding carboxylic acids is 2. The van der Waals surface area contributed by atoms with Crippen LogP contribution in [0.5, 0.6) is 5.75 Å². The number of halogens is 1. The first-order valence-electron chi connectivity index (χ1n) is 9.08. The molecule has 1 aromatic heterocycles. The minimum Gasteiger partial charge on any atom is -0.497 e. The van der Waals surface area contributed by atoms with E-state index in [1.165, 1.54) is 17.4 Å². The molecule has 0 aliphatic carbocycles. The van der Waals surface area contributed by atoms with Crippen LogP contribution in [0.3, 0.4) is 0 Å². The lowest BCUT2D eigenvalue weighted by molar-refractivity contribution is 0.102. The van der Waals surface area contributed by atoms with Gasteiger partial charge in [0.1, 0.15) is 11.6 Å². The number of hydrogen-bond donors (Lipinski definition) is 2. The Balaban J connectivity index is 1.42. The topological polar surface area (TPSA) is 67.4 Å². The van der Waals surface area contributed by atoms with Crippen LogP contribution in [0, 0.1) is 5.82 Å². The molecule has 0 saturated carbocycles. The molecule has 0 saturated heterocycles. The van der Waals surface area contributed by atoms with Crippen molar-refractivity contribution in [1.82, 2.24) is 0 Å². The third kappa shape index (κ3) is 4.16. The van der Waals surface area contributed by atoms with Crippen molar-refractivity contribution in [2.45, 2.75) is 0 Å². The summed E-state index contributed by atoms with van der Waals surface area (Å²) in [7, 11) is 1.58. The molecule has 0 fully saturated rings. The zero-order chi connectivity index (χ0) is 21.1. The van der Waals surface area contributed by atoms with E-state index in [9.17, 15) is 14.0 Å². The van der Waals surface area contributed by atoms with Crippen LogP contribution in [0.25, 0.3) is 10.1 Å². The first-order chi connectivity index (χ1) is 14.5. The summed E-state index contributed by atoms with van der Waals surface area (Å²) in [5, 5.41) is 6.00. The van der Waals surface area contributed by atoms with E-state index >= 15 is 0 Å². The highest BCUT2D eigenvalue weighted by atomic mass is 32.1. The Morgan fingerprint density at radius 2 is 1.50 bits per heavy atom. The monoisotopic (exact) mass is 420 g/mol. The Morgan fingerprint density at radius 1 is 0.867 bits per heavy atom. The lowest BCUT2D eigenvalue weighted by atomic mass is 10.2. The van der Waals surface area contributed by atoms with Crippen LogP contribution in [0.4, 0.5) is 15.8 Å². The highest BCUT2D eigenvalue weighted by Gasteiger charge is 2.13. The number of amides is 2. The predicted octanol–water partition coefficient (Wildman–Crippen LogP) is 5.55. The lowest BCUT2D eigenvalue weighted by Crippen LogP contribution is -2.13. The third-order valence-electron chi connectivity index (χ3n) is 4.48. The molecule has 5 nitrogen and oxygen atoms in total. The molecule has 2 N–H and O–H groups in total. The number of ether oxygens (including phenoxy) is 1. The quantitative estimate of drug-likeness (QED) is 0.445. The summed E-state index contributed by atoms with van der Waals surface area (Å²) in [4.78, 5) is 25.3. The van der Waals surface area contributed by atoms with Crippen LogP contribution in [-0.4, -0.2) is 18.9 Å². The van der Waals surface area contributed by atoms with Crippen LogP contribution < -0.4 is 15.4 Å². The molecule has 0 atom stereocenters. The first-order valence-corrected chi connectivity index (χ1v) is 9.90. The van der Waals surface area contributed by atoms with Crippen molar-refractivity contribution in [2.24, 2.45) is 0 Å². The van der Waals surface area contributed by atoms with E-state index in [0.717, 1.165) is 0 Å². The van der Waals surface area contributed by atoms with Crippen molar-refractivity contribution in [2.75, 3.05) is 17.7 Å². The molecular weight excluding hydrogens is 403 g/mol. The molecule has 150 valence electrons. The molecule has 2 amide bonds. The van der Waals surface area contributed by atoms with Gasteiger partial charge < -0.3 is 15.4 Å². The Hall–Kier alpha value is -3.71. The SMILES string of the molecule is COc1ccc(NC(=O)c2ccc(NC(=O)c3cc4c(F)cccc4s3)cc2)cc1. The summed E-state index contributed by atoms with van der Waals surface area (Å²) in [5.74, 6) is -0.242. The Kier molecular flexibility index (Phi) is 5.45. The van der Waals surface area contributed by atoms with E-state index in [0.29, 0.717) is 37.7 Å². The lowest BCUT2D eigenvalue weighted by Gasteiger charge is -2.08. The van der Waals surface area contributed by atoms with Gasteiger partial charge in [0.25, 0.3) is 11.8 Å². The fourth-order valence-corrected chi connectivity index (χ4v) is 3.88. The first kappa shape index (κ1) is 19.6. The summed E-state index contributed by atoms with van der Waals surface area (Å²) < 4.78 is 19.6. The minimum atomic E-state index is -0.352. The molecule has 7 heteroatoms. The maximum absolute atomic E-state index is 13.8. The van der Waals surface area contributed by atoms with Crippen LogP contribution in [0.1, 0.15) is 20.0 Å². The standard InChI is InChI=1S/C23H17FN2O3S/c1-29-17-11-9-16(10-12-17)25-22(27)14-5-7-15(8-6-14)26-23(28)21-13-18-19(24)3-2-4-20(18)30-21/h2-13H,1H3,(H,25,27)(H,26,28). The van der Waals surface area contributed by atoms with Gasteiger partial charge in [0, 0.05) is 27.0 Å². The van der Waals surface area contributed by atoms with E-state index in [1.54, 1.807) is 73.8 Å². The molecule has 4 rings (SSSR count). The van der Waals surface area contributed by atoms with Gasteiger partial charge in [-0.15, -0.1) is 11.3 Å². The fourth-order valence-electron chi connectivity index (χ4n) is 2.91. The normalized spacial score (nSPS) is 10.6.